The van der Waals surface area contributed by atoms with Crippen LogP contribution in [0.2, 0.25) is 0 Å². The van der Waals surface area contributed by atoms with Crippen molar-refractivity contribution in [1.82, 2.24) is 87.9 Å². The number of hydrogen-bond donors (Lipinski definition) is 0. The summed E-state index contributed by atoms with van der Waals surface area (Å²) in [4.78, 5) is 45.1. The van der Waals surface area contributed by atoms with Crippen molar-refractivity contribution in [2.24, 2.45) is 9.98 Å². The van der Waals surface area contributed by atoms with Gasteiger partial charge in [0.2, 0.25) is 0 Å². The lowest BCUT2D eigenvalue weighted by Crippen LogP contribution is -2.11. The summed E-state index contributed by atoms with van der Waals surface area (Å²) in [5.41, 5.74) is 13.1. The second-order valence-electron chi connectivity index (χ2n) is 17.0. The normalized spacial score (nSPS) is 13.9. The Labute approximate surface area is 397 Å². The van der Waals surface area contributed by atoms with E-state index < -0.39 is 0 Å². The van der Waals surface area contributed by atoms with Gasteiger partial charge in [0.05, 0.1) is 39.9 Å². The topological polar surface area (TPSA) is 214 Å². The van der Waals surface area contributed by atoms with Crippen LogP contribution in [0.15, 0.2) is 89.4 Å². The summed E-state index contributed by atoms with van der Waals surface area (Å²) in [5, 5.41) is 22.7. The number of aryl methyl sites for hydroxylation is 13. The van der Waals surface area contributed by atoms with E-state index in [2.05, 4.69) is 100 Å². The highest BCUT2D eigenvalue weighted by Gasteiger charge is 2.20. The molecule has 2 aliphatic rings. The molecule has 0 radical (unpaired) electrons. The van der Waals surface area contributed by atoms with Gasteiger partial charge in [-0.2, -0.15) is 25.5 Å². The van der Waals surface area contributed by atoms with Crippen LogP contribution in [0.1, 0.15) is 88.4 Å². The lowest BCUT2D eigenvalue weighted by atomic mass is 10.1. The molecule has 11 heterocycles. The molecule has 0 bridgehead atoms. The number of allylic oxidation sites excluding steroid dienone is 2. The minimum Gasteiger partial charge on any atom is -0.256 e. The highest BCUT2D eigenvalue weighted by atomic mass is 15.3. The van der Waals surface area contributed by atoms with E-state index in [1.54, 1.807) is 4.52 Å². The second kappa shape index (κ2) is 19.1. The van der Waals surface area contributed by atoms with Crippen molar-refractivity contribution in [3.63, 3.8) is 0 Å². The zero-order chi connectivity index (χ0) is 47.1. The summed E-state index contributed by atoms with van der Waals surface area (Å²) in [6, 6.07) is 10.1. The van der Waals surface area contributed by atoms with Gasteiger partial charge in [0, 0.05) is 69.0 Å². The molecule has 12 rings (SSSR count). The van der Waals surface area contributed by atoms with Crippen molar-refractivity contribution in [2.75, 3.05) is 0 Å². The SMILES string of the molecule is C.Cc1ccc(C)n2nc(CCc3nc4c(C)ncc(C)n4n3)nc12.Cc1ncc(C)n2nc(CCC3=NC4C=CC=CC4=N3)nc12.Cc1ncc(C)n2nc(CCc3nc4ccccn4n3)nc12. The third-order valence-corrected chi connectivity index (χ3v) is 11.7. The molecule has 1 aliphatic carbocycles. The van der Waals surface area contributed by atoms with E-state index >= 15 is 0 Å². The zero-order valence-electron chi connectivity index (χ0n) is 39.3. The average molecular weight is 923 g/mol. The van der Waals surface area contributed by atoms with Gasteiger partial charge in [-0.3, -0.25) is 19.9 Å². The smallest absolute Gasteiger partial charge is 0.177 e. The van der Waals surface area contributed by atoms with Gasteiger partial charge in [0.1, 0.15) is 11.9 Å². The zero-order valence-corrected chi connectivity index (χ0v) is 39.3. The number of nitrogens with zero attached hydrogens (tertiary/aromatic N) is 20. The minimum absolute atomic E-state index is 0. The van der Waals surface area contributed by atoms with Gasteiger partial charge in [0.15, 0.2) is 57.4 Å². The van der Waals surface area contributed by atoms with Crippen molar-refractivity contribution in [2.45, 2.75) is 107 Å². The van der Waals surface area contributed by atoms with E-state index in [9.17, 15) is 0 Å². The summed E-state index contributed by atoms with van der Waals surface area (Å²) < 4.78 is 9.23. The molecule has 20 nitrogen and oxygen atoms in total. The number of fused-ring (bicyclic) bond motifs is 6. The second-order valence-corrected chi connectivity index (χ2v) is 17.0. The Hall–Kier alpha value is -8.29. The van der Waals surface area contributed by atoms with E-state index in [-0.39, 0.29) is 13.5 Å². The Morgan fingerprint density at radius 3 is 1.43 bits per heavy atom. The van der Waals surface area contributed by atoms with E-state index in [1.807, 2.05) is 128 Å². The van der Waals surface area contributed by atoms with Crippen LogP contribution in [0.5, 0.6) is 0 Å². The number of hydrogen-bond acceptors (Lipinski definition) is 15. The molecule has 0 saturated heterocycles. The highest BCUT2D eigenvalue weighted by Crippen LogP contribution is 2.17. The van der Waals surface area contributed by atoms with Crippen LogP contribution in [0.4, 0.5) is 0 Å². The number of rotatable bonds is 9. The van der Waals surface area contributed by atoms with Crippen LogP contribution in [0.3, 0.4) is 0 Å². The van der Waals surface area contributed by atoms with Crippen molar-refractivity contribution in [3.8, 4) is 0 Å². The van der Waals surface area contributed by atoms with Crippen LogP contribution in [-0.4, -0.2) is 106 Å². The third-order valence-electron chi connectivity index (χ3n) is 11.7. The van der Waals surface area contributed by atoms with E-state index in [4.69, 9.17) is 0 Å². The molecule has 0 N–H and O–H groups in total. The first-order valence-corrected chi connectivity index (χ1v) is 22.6. The molecule has 69 heavy (non-hydrogen) atoms. The maximum absolute atomic E-state index is 4.65. The van der Waals surface area contributed by atoms with Gasteiger partial charge in [-0.1, -0.05) is 37.8 Å². The lowest BCUT2D eigenvalue weighted by molar-refractivity contribution is 0.777. The summed E-state index contributed by atoms with van der Waals surface area (Å²) in [7, 11) is 0. The van der Waals surface area contributed by atoms with Crippen LogP contribution < -0.4 is 0 Å². The van der Waals surface area contributed by atoms with Gasteiger partial charge in [-0.15, -0.1) is 0 Å². The highest BCUT2D eigenvalue weighted by molar-refractivity contribution is 6.13. The minimum atomic E-state index is 0. The molecule has 350 valence electrons. The first kappa shape index (κ1) is 45.8. The fourth-order valence-electron chi connectivity index (χ4n) is 7.93. The number of amidine groups is 1. The molecular formula is C49H54N20. The Kier molecular flexibility index (Phi) is 12.7. The van der Waals surface area contributed by atoms with Gasteiger partial charge in [-0.05, 0) is 85.2 Å². The van der Waals surface area contributed by atoms with Crippen LogP contribution in [0.25, 0.3) is 28.2 Å². The molecule has 0 fully saturated rings. The van der Waals surface area contributed by atoms with E-state index in [1.165, 1.54) is 0 Å². The van der Waals surface area contributed by atoms with Gasteiger partial charge >= 0.3 is 0 Å². The first-order chi connectivity index (χ1) is 32.9. The van der Waals surface area contributed by atoms with E-state index in [0.29, 0.717) is 25.7 Å². The predicted molar refractivity (Wildman–Crippen MR) is 263 cm³/mol. The number of aromatic nitrogens is 18. The van der Waals surface area contributed by atoms with Crippen molar-refractivity contribution in [1.29, 1.82) is 0 Å². The summed E-state index contributed by atoms with van der Waals surface area (Å²) >= 11 is 0. The van der Waals surface area contributed by atoms with Crippen molar-refractivity contribution in [3.05, 3.63) is 154 Å². The van der Waals surface area contributed by atoms with Crippen molar-refractivity contribution >= 4 is 39.8 Å². The van der Waals surface area contributed by atoms with Gasteiger partial charge in [-0.25, -0.2) is 52.5 Å². The molecule has 10 aromatic rings. The van der Waals surface area contributed by atoms with Crippen molar-refractivity contribution < 1.29 is 0 Å². The van der Waals surface area contributed by atoms with Gasteiger partial charge < -0.3 is 0 Å². The average Bonchev–Trinajstić information content (AvgIpc) is 4.21. The Balaban J connectivity index is 0.000000128. The first-order valence-electron chi connectivity index (χ1n) is 22.6. The van der Waals surface area contributed by atoms with E-state index in [0.717, 1.165) is 127 Å². The third kappa shape index (κ3) is 9.50. The quantitative estimate of drug-likeness (QED) is 0.153. The Morgan fingerprint density at radius 1 is 0.478 bits per heavy atom. The molecular weight excluding hydrogens is 869 g/mol. The Bertz CT molecular complexity index is 3370. The maximum atomic E-state index is 4.65. The monoisotopic (exact) mass is 922 g/mol. The number of pyridine rings is 2. The standard InChI is InChI=1S/C17H19N7.C16H16N6.C15H15N7.CH4/c1-10-5-6-11(2)23-16(10)19-14(21-23)7-8-15-20-17-13(4)18-9-12(3)24(17)22-15;1-10-9-17-11(2)16-20-15(21-22(10)16)8-7-14-18-12-5-3-4-6-13(12)19-14;1-10-9-16-11(2)15-18-13(20-22(10)15)7-6-12-17-14-5-3-4-8-21(14)19-12;/h5-6,9H,7-8H2,1-4H3;3-6,9,12H,7-8H2,1-2H3;3-5,8-9H,6-7H2,1-2H3;1H4. The fourth-order valence-corrected chi connectivity index (χ4v) is 7.93. The molecule has 0 saturated carbocycles. The van der Waals surface area contributed by atoms with Crippen LogP contribution >= 0.6 is 0 Å². The maximum Gasteiger partial charge on any atom is 0.177 e. The number of aliphatic imine (C=N–C) groups is 2. The molecule has 1 aliphatic heterocycles. The fraction of sp³-hybridized carbons (Fsp3) is 0.327. The molecule has 20 heteroatoms. The molecule has 1 unspecified atom stereocenters. The van der Waals surface area contributed by atoms with Crippen LogP contribution in [0, 0.1) is 55.4 Å². The molecule has 1 atom stereocenters. The van der Waals surface area contributed by atoms with Crippen LogP contribution in [-0.2, 0) is 32.1 Å². The molecule has 0 amide bonds. The van der Waals surface area contributed by atoms with Gasteiger partial charge in [0.25, 0.3) is 0 Å². The summed E-state index contributed by atoms with van der Waals surface area (Å²) in [5.74, 6) is 4.89. The summed E-state index contributed by atoms with van der Waals surface area (Å²) in [6.07, 6.45) is 19.7. The molecule has 0 aromatic carbocycles. The molecule has 0 spiro atoms. The summed E-state index contributed by atoms with van der Waals surface area (Å²) in [6.45, 7) is 15.9. The molecule has 10 aromatic heterocycles. The Morgan fingerprint density at radius 2 is 0.957 bits per heavy atom. The predicted octanol–water partition coefficient (Wildman–Crippen LogP) is 6.41. The largest absolute Gasteiger partial charge is 0.256 e. The lowest BCUT2D eigenvalue weighted by Gasteiger charge is -2.02.